The van der Waals surface area contributed by atoms with Gasteiger partial charge in [-0.25, -0.2) is 0 Å². The molecule has 1 aromatic heterocycles. The van der Waals surface area contributed by atoms with Crippen molar-refractivity contribution in [2.45, 2.75) is 13.5 Å². The summed E-state index contributed by atoms with van der Waals surface area (Å²) < 4.78 is 10.6. The number of benzene rings is 2. The van der Waals surface area contributed by atoms with E-state index in [1.54, 1.807) is 38.6 Å². The Balaban J connectivity index is 1.72. The first kappa shape index (κ1) is 19.2. The van der Waals surface area contributed by atoms with E-state index in [4.69, 9.17) is 9.47 Å². The normalized spacial score (nSPS) is 10.2. The van der Waals surface area contributed by atoms with Crippen molar-refractivity contribution in [1.29, 1.82) is 0 Å². The van der Waals surface area contributed by atoms with E-state index in [1.165, 1.54) is 0 Å². The van der Waals surface area contributed by atoms with Gasteiger partial charge in [0.1, 0.15) is 17.2 Å². The van der Waals surface area contributed by atoms with Gasteiger partial charge in [-0.15, -0.1) is 0 Å². The van der Waals surface area contributed by atoms with E-state index in [1.807, 2.05) is 43.3 Å². The molecule has 0 radical (unpaired) electrons. The number of nitrogens with zero attached hydrogens (tertiary/aromatic N) is 1. The van der Waals surface area contributed by atoms with Crippen molar-refractivity contribution in [2.75, 3.05) is 19.5 Å². The lowest BCUT2D eigenvalue weighted by molar-refractivity contribution is 0.0946. The first-order valence-corrected chi connectivity index (χ1v) is 8.88. The summed E-state index contributed by atoms with van der Waals surface area (Å²) in [7, 11) is 3.20. The molecule has 6 nitrogen and oxygen atoms in total. The molecule has 0 fully saturated rings. The number of anilines is 2. The molecule has 6 heteroatoms. The summed E-state index contributed by atoms with van der Waals surface area (Å²) in [6.07, 6.45) is 1.60. The topological polar surface area (TPSA) is 72.5 Å². The standard InChI is InChI=1S/C22H23N3O3/c1-15-6-4-5-7-16(15)14-24-22(26)20-12-17(10-11-23-20)25-19-9-8-18(27-2)13-21(19)28-3/h4-13H,14H2,1-3H3,(H,23,25)(H,24,26). The molecule has 1 heterocycles. The molecule has 2 N–H and O–H groups in total. The van der Waals surface area contributed by atoms with Gasteiger partial charge in [0.05, 0.1) is 19.9 Å². The van der Waals surface area contributed by atoms with Gasteiger partial charge < -0.3 is 20.1 Å². The Bertz CT molecular complexity index is 973. The van der Waals surface area contributed by atoms with Crippen LogP contribution in [0.4, 0.5) is 11.4 Å². The lowest BCUT2D eigenvalue weighted by atomic mass is 10.1. The largest absolute Gasteiger partial charge is 0.497 e. The fraction of sp³-hybridized carbons (Fsp3) is 0.182. The number of hydrogen-bond acceptors (Lipinski definition) is 5. The average Bonchev–Trinajstić information content (AvgIpc) is 2.73. The van der Waals surface area contributed by atoms with Crippen molar-refractivity contribution in [3.63, 3.8) is 0 Å². The summed E-state index contributed by atoms with van der Waals surface area (Å²) in [6, 6.07) is 16.9. The van der Waals surface area contributed by atoms with E-state index >= 15 is 0 Å². The maximum absolute atomic E-state index is 12.5. The summed E-state index contributed by atoms with van der Waals surface area (Å²) in [6.45, 7) is 2.48. The van der Waals surface area contributed by atoms with Crippen LogP contribution in [0.3, 0.4) is 0 Å². The first-order chi connectivity index (χ1) is 13.6. The van der Waals surface area contributed by atoms with Gasteiger partial charge >= 0.3 is 0 Å². The van der Waals surface area contributed by atoms with E-state index in [0.29, 0.717) is 23.7 Å². The number of nitrogens with one attached hydrogen (secondary N) is 2. The molecule has 0 spiro atoms. The van der Waals surface area contributed by atoms with Crippen LogP contribution in [0.25, 0.3) is 0 Å². The molecule has 0 aliphatic heterocycles. The van der Waals surface area contributed by atoms with Crippen LogP contribution in [0, 0.1) is 6.92 Å². The molecule has 0 saturated heterocycles. The number of carbonyl (C=O) groups excluding carboxylic acids is 1. The Morgan fingerprint density at radius 3 is 2.61 bits per heavy atom. The SMILES string of the molecule is COc1ccc(Nc2ccnc(C(=O)NCc3ccccc3C)c2)c(OC)c1. The molecule has 0 unspecified atom stereocenters. The Morgan fingerprint density at radius 2 is 1.86 bits per heavy atom. The Labute approximate surface area is 164 Å². The van der Waals surface area contributed by atoms with E-state index in [9.17, 15) is 4.79 Å². The molecule has 3 aromatic rings. The molecule has 2 aromatic carbocycles. The monoisotopic (exact) mass is 377 g/mol. The van der Waals surface area contributed by atoms with Gasteiger partial charge in [0, 0.05) is 24.5 Å². The second kappa shape index (κ2) is 8.90. The highest BCUT2D eigenvalue weighted by atomic mass is 16.5. The molecule has 0 aliphatic rings. The number of pyridine rings is 1. The summed E-state index contributed by atoms with van der Waals surface area (Å²) in [5.41, 5.74) is 4.05. The van der Waals surface area contributed by atoms with E-state index < -0.39 is 0 Å². The molecule has 28 heavy (non-hydrogen) atoms. The molecule has 0 atom stereocenters. The number of amides is 1. The first-order valence-electron chi connectivity index (χ1n) is 8.88. The third-order valence-electron chi connectivity index (χ3n) is 4.38. The van der Waals surface area contributed by atoms with E-state index in [2.05, 4.69) is 15.6 Å². The van der Waals surface area contributed by atoms with Crippen LogP contribution < -0.4 is 20.1 Å². The number of ether oxygens (including phenoxy) is 2. The molecule has 0 saturated carbocycles. The van der Waals surface area contributed by atoms with Crippen molar-refractivity contribution in [1.82, 2.24) is 10.3 Å². The van der Waals surface area contributed by atoms with Crippen LogP contribution in [-0.2, 0) is 6.54 Å². The molecule has 0 bridgehead atoms. The number of rotatable bonds is 7. The van der Waals surface area contributed by atoms with Gasteiger partial charge in [0.2, 0.25) is 0 Å². The predicted molar refractivity (Wildman–Crippen MR) is 109 cm³/mol. The summed E-state index contributed by atoms with van der Waals surface area (Å²) in [5, 5.41) is 6.17. The zero-order chi connectivity index (χ0) is 19.9. The van der Waals surface area contributed by atoms with Crippen molar-refractivity contribution in [3.05, 3.63) is 77.6 Å². The minimum absolute atomic E-state index is 0.228. The third kappa shape index (κ3) is 4.59. The molecule has 1 amide bonds. The zero-order valence-corrected chi connectivity index (χ0v) is 16.2. The quantitative estimate of drug-likeness (QED) is 0.649. The lowest BCUT2D eigenvalue weighted by Gasteiger charge is -2.13. The van der Waals surface area contributed by atoms with Crippen molar-refractivity contribution in [2.24, 2.45) is 0 Å². The molecular weight excluding hydrogens is 354 g/mol. The molecule has 0 aliphatic carbocycles. The van der Waals surface area contributed by atoms with Crippen molar-refractivity contribution in [3.8, 4) is 11.5 Å². The third-order valence-corrected chi connectivity index (χ3v) is 4.38. The summed E-state index contributed by atoms with van der Waals surface area (Å²) >= 11 is 0. The van der Waals surface area contributed by atoms with Crippen molar-refractivity contribution >= 4 is 17.3 Å². The number of hydrogen-bond donors (Lipinski definition) is 2. The fourth-order valence-electron chi connectivity index (χ4n) is 2.76. The predicted octanol–water partition coefficient (Wildman–Crippen LogP) is 4.08. The Morgan fingerprint density at radius 1 is 1.04 bits per heavy atom. The van der Waals surface area contributed by atoms with Crippen LogP contribution in [0.1, 0.15) is 21.6 Å². The van der Waals surface area contributed by atoms with Gasteiger partial charge in [-0.1, -0.05) is 24.3 Å². The van der Waals surface area contributed by atoms with Gasteiger partial charge in [-0.3, -0.25) is 9.78 Å². The van der Waals surface area contributed by atoms with Gasteiger partial charge in [-0.05, 0) is 42.3 Å². The number of aryl methyl sites for hydroxylation is 1. The number of carbonyl (C=O) groups is 1. The van der Waals surface area contributed by atoms with E-state index in [-0.39, 0.29) is 5.91 Å². The van der Waals surface area contributed by atoms with Crippen LogP contribution in [0.2, 0.25) is 0 Å². The Kier molecular flexibility index (Phi) is 6.11. The maximum atomic E-state index is 12.5. The fourth-order valence-corrected chi connectivity index (χ4v) is 2.76. The minimum Gasteiger partial charge on any atom is -0.497 e. The van der Waals surface area contributed by atoms with Gasteiger partial charge in [0.25, 0.3) is 5.91 Å². The highest BCUT2D eigenvalue weighted by Gasteiger charge is 2.10. The smallest absolute Gasteiger partial charge is 0.270 e. The summed E-state index contributed by atoms with van der Waals surface area (Å²) in [4.78, 5) is 16.7. The highest BCUT2D eigenvalue weighted by molar-refractivity contribution is 5.93. The summed E-state index contributed by atoms with van der Waals surface area (Å²) in [5.74, 6) is 1.11. The van der Waals surface area contributed by atoms with Crippen LogP contribution >= 0.6 is 0 Å². The van der Waals surface area contributed by atoms with Crippen LogP contribution in [0.5, 0.6) is 11.5 Å². The second-order valence-corrected chi connectivity index (χ2v) is 6.23. The van der Waals surface area contributed by atoms with Crippen LogP contribution in [0.15, 0.2) is 60.8 Å². The average molecular weight is 377 g/mol. The second-order valence-electron chi connectivity index (χ2n) is 6.23. The maximum Gasteiger partial charge on any atom is 0.270 e. The Hall–Kier alpha value is -3.54. The number of aromatic nitrogens is 1. The number of methoxy groups -OCH3 is 2. The highest BCUT2D eigenvalue weighted by Crippen LogP contribution is 2.31. The lowest BCUT2D eigenvalue weighted by Crippen LogP contribution is -2.24. The van der Waals surface area contributed by atoms with Crippen molar-refractivity contribution < 1.29 is 14.3 Å². The van der Waals surface area contributed by atoms with Crippen LogP contribution in [-0.4, -0.2) is 25.1 Å². The zero-order valence-electron chi connectivity index (χ0n) is 16.2. The molecular formula is C22H23N3O3. The van der Waals surface area contributed by atoms with Gasteiger partial charge in [0.15, 0.2) is 0 Å². The van der Waals surface area contributed by atoms with Gasteiger partial charge in [-0.2, -0.15) is 0 Å². The molecule has 3 rings (SSSR count). The van der Waals surface area contributed by atoms with E-state index in [0.717, 1.165) is 22.5 Å². The minimum atomic E-state index is -0.228. The molecule has 144 valence electrons.